The minimum absolute atomic E-state index is 0.216. The zero-order valence-corrected chi connectivity index (χ0v) is 9.90. The molecule has 0 bridgehead atoms. The minimum Gasteiger partial charge on any atom is -0.362 e. The van der Waals surface area contributed by atoms with Gasteiger partial charge in [0.1, 0.15) is 0 Å². The lowest BCUT2D eigenvalue weighted by molar-refractivity contribution is 0.373. The summed E-state index contributed by atoms with van der Waals surface area (Å²) < 4.78 is 0. The summed E-state index contributed by atoms with van der Waals surface area (Å²) >= 11 is 0. The Balaban J connectivity index is 2.13. The molecule has 0 aromatic carbocycles. The van der Waals surface area contributed by atoms with Crippen LogP contribution in [0.5, 0.6) is 0 Å². The molecule has 2 heteroatoms. The highest BCUT2D eigenvalue weighted by Gasteiger charge is 2.19. The normalized spacial score (nSPS) is 16.5. The van der Waals surface area contributed by atoms with Crippen LogP contribution in [0.15, 0.2) is 6.07 Å². The van der Waals surface area contributed by atoms with E-state index in [9.17, 15) is 0 Å². The van der Waals surface area contributed by atoms with E-state index in [0.29, 0.717) is 0 Å². The van der Waals surface area contributed by atoms with Crippen molar-refractivity contribution in [3.63, 3.8) is 0 Å². The molecule has 15 heavy (non-hydrogen) atoms. The topological polar surface area (TPSA) is 41.8 Å². The van der Waals surface area contributed by atoms with Crippen molar-refractivity contribution in [2.45, 2.75) is 46.0 Å². The number of H-pyrrole nitrogens is 1. The first-order chi connectivity index (χ1) is 7.11. The maximum atomic E-state index is 5.76. The van der Waals surface area contributed by atoms with Crippen molar-refractivity contribution in [3.05, 3.63) is 23.0 Å². The van der Waals surface area contributed by atoms with Gasteiger partial charge < -0.3 is 10.7 Å². The number of rotatable bonds is 3. The molecule has 84 valence electrons. The third kappa shape index (κ3) is 2.43. The fourth-order valence-electron chi connectivity index (χ4n) is 2.35. The van der Waals surface area contributed by atoms with E-state index < -0.39 is 0 Å². The molecule has 0 fully saturated rings. The molecule has 1 aliphatic carbocycles. The molecule has 0 atom stereocenters. The summed E-state index contributed by atoms with van der Waals surface area (Å²) in [5, 5.41) is 0. The van der Waals surface area contributed by atoms with Crippen LogP contribution >= 0.6 is 0 Å². The summed E-state index contributed by atoms with van der Waals surface area (Å²) in [5.41, 5.74) is 10.4. The first-order valence-corrected chi connectivity index (χ1v) is 6.00. The van der Waals surface area contributed by atoms with Gasteiger partial charge in [-0.15, -0.1) is 0 Å². The Morgan fingerprint density at radius 1 is 1.33 bits per heavy atom. The molecule has 0 spiro atoms. The van der Waals surface area contributed by atoms with Crippen molar-refractivity contribution >= 4 is 0 Å². The van der Waals surface area contributed by atoms with Crippen molar-refractivity contribution in [2.75, 3.05) is 6.54 Å². The summed E-state index contributed by atoms with van der Waals surface area (Å²) in [6.45, 7) is 5.20. The fourth-order valence-corrected chi connectivity index (χ4v) is 2.35. The van der Waals surface area contributed by atoms with E-state index in [1.165, 1.54) is 37.1 Å². The number of nitrogens with two attached hydrogens (primary N) is 1. The lowest BCUT2D eigenvalue weighted by atomic mass is 9.88. The second kappa shape index (κ2) is 4.01. The van der Waals surface area contributed by atoms with E-state index in [1.54, 1.807) is 5.56 Å². The molecule has 1 heterocycles. The van der Waals surface area contributed by atoms with Gasteiger partial charge in [-0.3, -0.25) is 0 Å². The van der Waals surface area contributed by atoms with Gasteiger partial charge in [0.25, 0.3) is 0 Å². The van der Waals surface area contributed by atoms with Crippen LogP contribution in [0.25, 0.3) is 0 Å². The SMILES string of the molecule is CC(C)(CN)Cc1cc2c([nH]1)CCCC2. The van der Waals surface area contributed by atoms with Crippen LogP contribution in [-0.4, -0.2) is 11.5 Å². The van der Waals surface area contributed by atoms with E-state index in [2.05, 4.69) is 24.9 Å². The van der Waals surface area contributed by atoms with Gasteiger partial charge in [0.15, 0.2) is 0 Å². The second-order valence-corrected chi connectivity index (χ2v) is 5.55. The van der Waals surface area contributed by atoms with Gasteiger partial charge >= 0.3 is 0 Å². The maximum Gasteiger partial charge on any atom is 0.0181 e. The Hall–Kier alpha value is -0.760. The first-order valence-electron chi connectivity index (χ1n) is 6.00. The molecule has 0 amide bonds. The van der Waals surface area contributed by atoms with E-state index in [-0.39, 0.29) is 5.41 Å². The van der Waals surface area contributed by atoms with Crippen molar-refractivity contribution in [2.24, 2.45) is 11.1 Å². The van der Waals surface area contributed by atoms with Crippen LogP contribution in [0.1, 0.15) is 43.6 Å². The Morgan fingerprint density at radius 2 is 2.07 bits per heavy atom. The molecule has 0 unspecified atom stereocenters. The number of aromatic nitrogens is 1. The smallest absolute Gasteiger partial charge is 0.0181 e. The second-order valence-electron chi connectivity index (χ2n) is 5.55. The third-order valence-corrected chi connectivity index (χ3v) is 3.39. The summed E-state index contributed by atoms with van der Waals surface area (Å²) in [7, 11) is 0. The van der Waals surface area contributed by atoms with Gasteiger partial charge in [-0.05, 0) is 55.7 Å². The molecule has 1 aromatic rings. The van der Waals surface area contributed by atoms with Crippen molar-refractivity contribution in [3.8, 4) is 0 Å². The van der Waals surface area contributed by atoms with Gasteiger partial charge in [0.2, 0.25) is 0 Å². The zero-order valence-electron chi connectivity index (χ0n) is 9.90. The highest BCUT2D eigenvalue weighted by atomic mass is 14.7. The van der Waals surface area contributed by atoms with Crippen LogP contribution in [0.3, 0.4) is 0 Å². The summed E-state index contributed by atoms with van der Waals surface area (Å²) in [4.78, 5) is 3.57. The van der Waals surface area contributed by atoms with Crippen LogP contribution in [0.4, 0.5) is 0 Å². The number of hydrogen-bond acceptors (Lipinski definition) is 1. The molecule has 2 rings (SSSR count). The minimum atomic E-state index is 0.216. The van der Waals surface area contributed by atoms with Gasteiger partial charge in [0, 0.05) is 11.4 Å². The van der Waals surface area contributed by atoms with E-state index in [4.69, 9.17) is 5.73 Å². The molecular formula is C13H22N2. The van der Waals surface area contributed by atoms with Crippen molar-refractivity contribution in [1.29, 1.82) is 0 Å². The predicted molar refractivity (Wildman–Crippen MR) is 64.0 cm³/mol. The molecule has 1 aromatic heterocycles. The summed E-state index contributed by atoms with van der Waals surface area (Å²) in [6, 6.07) is 2.35. The Morgan fingerprint density at radius 3 is 2.73 bits per heavy atom. The molecule has 2 nitrogen and oxygen atoms in total. The number of fused-ring (bicyclic) bond motifs is 1. The zero-order chi connectivity index (χ0) is 10.9. The van der Waals surface area contributed by atoms with Gasteiger partial charge in [0.05, 0.1) is 0 Å². The number of nitrogens with one attached hydrogen (secondary N) is 1. The quantitative estimate of drug-likeness (QED) is 0.783. The average Bonchev–Trinajstić information content (AvgIpc) is 2.58. The third-order valence-electron chi connectivity index (χ3n) is 3.39. The lowest BCUT2D eigenvalue weighted by Gasteiger charge is -2.21. The summed E-state index contributed by atoms with van der Waals surface area (Å²) in [5.74, 6) is 0. The molecule has 0 saturated carbocycles. The Labute approximate surface area is 92.3 Å². The van der Waals surface area contributed by atoms with Crippen molar-refractivity contribution < 1.29 is 0 Å². The molecule has 0 saturated heterocycles. The van der Waals surface area contributed by atoms with E-state index >= 15 is 0 Å². The van der Waals surface area contributed by atoms with Crippen LogP contribution in [0.2, 0.25) is 0 Å². The maximum absolute atomic E-state index is 5.76. The largest absolute Gasteiger partial charge is 0.362 e. The van der Waals surface area contributed by atoms with Gasteiger partial charge in [-0.25, -0.2) is 0 Å². The van der Waals surface area contributed by atoms with Crippen LogP contribution in [0, 0.1) is 5.41 Å². The Bertz CT molecular complexity index is 313. The molecule has 0 radical (unpaired) electrons. The highest BCUT2D eigenvalue weighted by Crippen LogP contribution is 2.25. The van der Waals surface area contributed by atoms with Gasteiger partial charge in [-0.2, -0.15) is 0 Å². The number of hydrogen-bond donors (Lipinski definition) is 2. The van der Waals surface area contributed by atoms with E-state index in [1.807, 2.05) is 0 Å². The monoisotopic (exact) mass is 206 g/mol. The standard InChI is InChI=1S/C13H22N2/c1-13(2,9-14)8-11-7-10-5-3-4-6-12(10)15-11/h7,15H,3-6,8-9,14H2,1-2H3. The predicted octanol–water partition coefficient (Wildman–Crippen LogP) is 2.42. The van der Waals surface area contributed by atoms with Crippen LogP contribution in [-0.2, 0) is 19.3 Å². The molecule has 0 aliphatic heterocycles. The first kappa shape index (κ1) is 10.7. The van der Waals surface area contributed by atoms with Gasteiger partial charge in [-0.1, -0.05) is 13.8 Å². The fraction of sp³-hybridized carbons (Fsp3) is 0.692. The Kier molecular flexibility index (Phi) is 2.87. The highest BCUT2D eigenvalue weighted by molar-refractivity contribution is 5.28. The van der Waals surface area contributed by atoms with Crippen molar-refractivity contribution in [1.82, 2.24) is 4.98 Å². The lowest BCUT2D eigenvalue weighted by Crippen LogP contribution is -2.26. The van der Waals surface area contributed by atoms with E-state index in [0.717, 1.165) is 13.0 Å². The van der Waals surface area contributed by atoms with Crippen LogP contribution < -0.4 is 5.73 Å². The average molecular weight is 206 g/mol. The summed E-state index contributed by atoms with van der Waals surface area (Å²) in [6.07, 6.45) is 6.25. The molecular weight excluding hydrogens is 184 g/mol. The molecule has 3 N–H and O–H groups in total. The number of aryl methyl sites for hydroxylation is 2. The number of aromatic amines is 1. The molecule has 1 aliphatic rings.